The maximum absolute atomic E-state index is 13.1. The van der Waals surface area contributed by atoms with Crippen molar-refractivity contribution in [1.82, 2.24) is 9.55 Å². The Kier molecular flexibility index (Phi) is 4.32. The lowest BCUT2D eigenvalue weighted by Crippen LogP contribution is -2.21. The van der Waals surface area contributed by atoms with E-state index in [0.29, 0.717) is 6.54 Å². The van der Waals surface area contributed by atoms with Gasteiger partial charge < -0.3 is 14.4 Å². The smallest absolute Gasteiger partial charge is 0.339 e. The molecule has 0 radical (unpaired) electrons. The van der Waals surface area contributed by atoms with Crippen LogP contribution in [-0.2, 0) is 6.54 Å². The highest BCUT2D eigenvalue weighted by Gasteiger charge is 2.15. The molecule has 0 spiro atoms. The van der Waals surface area contributed by atoms with Crippen LogP contribution in [-0.4, -0.2) is 20.6 Å². The van der Waals surface area contributed by atoms with Crippen LogP contribution in [0.25, 0.3) is 0 Å². The Hall–Kier alpha value is -2.70. The maximum atomic E-state index is 13.1. The molecule has 21 heavy (non-hydrogen) atoms. The van der Waals surface area contributed by atoms with Gasteiger partial charge in [0.1, 0.15) is 17.1 Å². The molecule has 0 aliphatic rings. The molecule has 0 aliphatic carbocycles. The van der Waals surface area contributed by atoms with Gasteiger partial charge in [0.25, 0.3) is 5.88 Å². The fourth-order valence-electron chi connectivity index (χ4n) is 1.78. The Balaban J connectivity index is 2.41. The van der Waals surface area contributed by atoms with E-state index in [9.17, 15) is 14.0 Å². The van der Waals surface area contributed by atoms with Crippen molar-refractivity contribution < 1.29 is 19.0 Å². The Morgan fingerprint density at radius 1 is 1.48 bits per heavy atom. The number of aromatic carboxylic acids is 1. The number of nitrogens with zero attached hydrogens (tertiary/aromatic N) is 2. The minimum Gasteiger partial charge on any atom is -0.478 e. The van der Waals surface area contributed by atoms with Gasteiger partial charge in [-0.2, -0.15) is 0 Å². The number of aromatic nitrogens is 2. The zero-order valence-electron chi connectivity index (χ0n) is 11.2. The number of halogens is 1. The van der Waals surface area contributed by atoms with Crippen molar-refractivity contribution in [2.24, 2.45) is 0 Å². The SMILES string of the molecule is CCCn1ccnc(Oc2ccc(F)cc2C(=O)O)c1=O. The van der Waals surface area contributed by atoms with Gasteiger partial charge in [-0.15, -0.1) is 0 Å². The molecule has 1 N–H and O–H groups in total. The summed E-state index contributed by atoms with van der Waals surface area (Å²) in [5.74, 6) is -2.44. The summed E-state index contributed by atoms with van der Waals surface area (Å²) in [4.78, 5) is 26.9. The largest absolute Gasteiger partial charge is 0.478 e. The summed E-state index contributed by atoms with van der Waals surface area (Å²) in [5, 5.41) is 9.03. The fraction of sp³-hybridized carbons (Fsp3) is 0.214. The summed E-state index contributed by atoms with van der Waals surface area (Å²) in [6, 6.07) is 3.03. The van der Waals surface area contributed by atoms with Crippen LogP contribution in [0.3, 0.4) is 0 Å². The second-order valence-corrected chi connectivity index (χ2v) is 4.28. The average molecular weight is 292 g/mol. The highest BCUT2D eigenvalue weighted by Crippen LogP contribution is 2.23. The lowest BCUT2D eigenvalue weighted by atomic mass is 10.2. The van der Waals surface area contributed by atoms with Crippen molar-refractivity contribution in [3.8, 4) is 11.6 Å². The molecule has 0 bridgehead atoms. The molecule has 6 nitrogen and oxygen atoms in total. The predicted octanol–water partition coefficient (Wildman–Crippen LogP) is 2.28. The van der Waals surface area contributed by atoms with Gasteiger partial charge in [-0.05, 0) is 24.6 Å². The molecule has 2 aromatic rings. The third-order valence-electron chi connectivity index (χ3n) is 2.73. The van der Waals surface area contributed by atoms with Crippen molar-refractivity contribution in [3.63, 3.8) is 0 Å². The minimum atomic E-state index is -1.35. The van der Waals surface area contributed by atoms with Crippen molar-refractivity contribution in [1.29, 1.82) is 0 Å². The first kappa shape index (κ1) is 14.7. The summed E-state index contributed by atoms with van der Waals surface area (Å²) in [6.45, 7) is 2.41. The number of benzene rings is 1. The lowest BCUT2D eigenvalue weighted by molar-refractivity contribution is 0.0693. The van der Waals surface area contributed by atoms with Gasteiger partial charge in [0.2, 0.25) is 0 Å². The molecule has 0 unspecified atom stereocenters. The van der Waals surface area contributed by atoms with Crippen molar-refractivity contribution >= 4 is 5.97 Å². The molecule has 7 heteroatoms. The van der Waals surface area contributed by atoms with Gasteiger partial charge in [0.05, 0.1) is 0 Å². The number of aryl methyl sites for hydroxylation is 1. The van der Waals surface area contributed by atoms with Crippen LogP contribution in [0.1, 0.15) is 23.7 Å². The molecular formula is C14H13FN2O4. The molecule has 0 fully saturated rings. The molecule has 0 aliphatic heterocycles. The Morgan fingerprint density at radius 2 is 2.24 bits per heavy atom. The van der Waals surface area contributed by atoms with Gasteiger partial charge in [0.15, 0.2) is 0 Å². The third-order valence-corrected chi connectivity index (χ3v) is 2.73. The Morgan fingerprint density at radius 3 is 2.90 bits per heavy atom. The monoisotopic (exact) mass is 292 g/mol. The van der Waals surface area contributed by atoms with E-state index in [4.69, 9.17) is 9.84 Å². The van der Waals surface area contributed by atoms with E-state index in [0.717, 1.165) is 24.6 Å². The molecule has 1 heterocycles. The minimum absolute atomic E-state index is 0.136. The average Bonchev–Trinajstić information content (AvgIpc) is 2.45. The van der Waals surface area contributed by atoms with E-state index < -0.39 is 17.3 Å². The molecule has 0 amide bonds. The van der Waals surface area contributed by atoms with E-state index in [2.05, 4.69) is 4.98 Å². The normalized spacial score (nSPS) is 10.4. The quantitative estimate of drug-likeness (QED) is 0.914. The third kappa shape index (κ3) is 3.25. The van der Waals surface area contributed by atoms with Crippen LogP contribution in [0.15, 0.2) is 35.4 Å². The number of hydrogen-bond acceptors (Lipinski definition) is 4. The first-order valence-electron chi connectivity index (χ1n) is 6.29. The lowest BCUT2D eigenvalue weighted by Gasteiger charge is -2.09. The first-order chi connectivity index (χ1) is 10.0. The highest BCUT2D eigenvalue weighted by molar-refractivity contribution is 5.90. The van der Waals surface area contributed by atoms with E-state index >= 15 is 0 Å². The predicted molar refractivity (Wildman–Crippen MR) is 72.2 cm³/mol. The number of hydrogen-bond donors (Lipinski definition) is 1. The van der Waals surface area contributed by atoms with E-state index in [1.54, 1.807) is 0 Å². The van der Waals surface area contributed by atoms with E-state index in [1.807, 2.05) is 6.92 Å². The van der Waals surface area contributed by atoms with Crippen LogP contribution < -0.4 is 10.3 Å². The summed E-state index contributed by atoms with van der Waals surface area (Å²) in [7, 11) is 0. The summed E-state index contributed by atoms with van der Waals surface area (Å²) < 4.78 is 19.8. The van der Waals surface area contributed by atoms with Crippen molar-refractivity contribution in [3.05, 3.63) is 52.3 Å². The molecular weight excluding hydrogens is 279 g/mol. The van der Waals surface area contributed by atoms with Crippen molar-refractivity contribution in [2.75, 3.05) is 0 Å². The van der Waals surface area contributed by atoms with Gasteiger partial charge in [-0.25, -0.2) is 14.2 Å². The van der Waals surface area contributed by atoms with Crippen LogP contribution in [0.2, 0.25) is 0 Å². The van der Waals surface area contributed by atoms with Gasteiger partial charge in [0, 0.05) is 18.9 Å². The molecule has 1 aromatic carbocycles. The number of carbonyl (C=O) groups is 1. The molecule has 0 saturated carbocycles. The van der Waals surface area contributed by atoms with Crippen LogP contribution in [0, 0.1) is 5.82 Å². The Bertz CT molecular complexity index is 727. The topological polar surface area (TPSA) is 81.4 Å². The number of ether oxygens (including phenoxy) is 1. The number of rotatable bonds is 5. The second kappa shape index (κ2) is 6.17. The molecule has 0 atom stereocenters. The highest BCUT2D eigenvalue weighted by atomic mass is 19.1. The molecule has 1 aromatic heterocycles. The Labute approximate surface area is 119 Å². The van der Waals surface area contributed by atoms with Crippen molar-refractivity contribution in [2.45, 2.75) is 19.9 Å². The molecule has 0 saturated heterocycles. The van der Waals surface area contributed by atoms with Gasteiger partial charge in [-0.3, -0.25) is 4.79 Å². The second-order valence-electron chi connectivity index (χ2n) is 4.28. The zero-order valence-corrected chi connectivity index (χ0v) is 11.2. The zero-order chi connectivity index (χ0) is 15.4. The fourth-order valence-corrected chi connectivity index (χ4v) is 1.78. The van der Waals surface area contributed by atoms with Gasteiger partial charge >= 0.3 is 11.5 Å². The standard InChI is InChI=1S/C14H13FN2O4/c1-2-6-17-7-5-16-12(13(17)18)21-11-4-3-9(15)8-10(11)14(19)20/h3-5,7-8H,2,6H2,1H3,(H,19,20). The molecule has 110 valence electrons. The number of carboxylic acids is 1. The maximum Gasteiger partial charge on any atom is 0.339 e. The van der Waals surface area contributed by atoms with Gasteiger partial charge in [-0.1, -0.05) is 6.92 Å². The van der Waals surface area contributed by atoms with Crippen LogP contribution in [0.5, 0.6) is 11.6 Å². The summed E-state index contributed by atoms with van der Waals surface area (Å²) in [5.41, 5.74) is -0.845. The number of carboxylic acid groups (broad SMARTS) is 1. The summed E-state index contributed by atoms with van der Waals surface area (Å²) >= 11 is 0. The van der Waals surface area contributed by atoms with Crippen LogP contribution in [0.4, 0.5) is 4.39 Å². The molecule has 2 rings (SSSR count). The first-order valence-corrected chi connectivity index (χ1v) is 6.29. The summed E-state index contributed by atoms with van der Waals surface area (Å²) in [6.07, 6.45) is 3.65. The van der Waals surface area contributed by atoms with E-state index in [-0.39, 0.29) is 17.2 Å². The van der Waals surface area contributed by atoms with Crippen LogP contribution >= 0.6 is 0 Å². The van der Waals surface area contributed by atoms with E-state index in [1.165, 1.54) is 17.0 Å².